The zero-order chi connectivity index (χ0) is 17.0. The molecule has 0 bridgehead atoms. The van der Waals surface area contributed by atoms with Gasteiger partial charge in [0, 0.05) is 37.1 Å². The number of aromatic nitrogens is 1. The first-order chi connectivity index (χ1) is 10.9. The summed E-state index contributed by atoms with van der Waals surface area (Å²) in [7, 11) is 0. The Kier molecular flexibility index (Phi) is 5.21. The number of amides is 2. The summed E-state index contributed by atoms with van der Waals surface area (Å²) in [5.74, 6) is -0.222. The molecule has 122 valence electrons. The number of carbonyl (C=O) groups is 2. The Labute approximate surface area is 136 Å². The highest BCUT2D eigenvalue weighted by Gasteiger charge is 2.17. The van der Waals surface area contributed by atoms with Crippen LogP contribution >= 0.6 is 0 Å². The van der Waals surface area contributed by atoms with E-state index in [1.807, 2.05) is 38.1 Å². The molecule has 0 aliphatic carbocycles. The molecule has 1 aromatic heterocycles. The van der Waals surface area contributed by atoms with E-state index < -0.39 is 0 Å². The third kappa shape index (κ3) is 3.80. The first kappa shape index (κ1) is 16.8. The number of nitrogens with zero attached hydrogens (tertiary/aromatic N) is 1. The van der Waals surface area contributed by atoms with Crippen molar-refractivity contribution in [1.29, 1.82) is 0 Å². The van der Waals surface area contributed by atoms with E-state index in [1.165, 1.54) is 6.92 Å². The number of nitrogens with one attached hydrogen (secondary N) is 2. The van der Waals surface area contributed by atoms with Crippen molar-refractivity contribution in [1.82, 2.24) is 15.2 Å². The Morgan fingerprint density at radius 3 is 2.35 bits per heavy atom. The van der Waals surface area contributed by atoms with Crippen LogP contribution in [-0.4, -0.2) is 29.5 Å². The molecule has 0 atom stereocenters. The molecule has 0 aliphatic rings. The van der Waals surface area contributed by atoms with E-state index in [4.69, 9.17) is 0 Å². The molecular weight excluding hydrogens is 290 g/mol. The average molecular weight is 313 g/mol. The number of hydrogen-bond acceptors (Lipinski definition) is 2. The maximum Gasteiger partial charge on any atom is 0.253 e. The topological polar surface area (TPSA) is 63.1 Å². The molecule has 2 rings (SSSR count). The van der Waals surface area contributed by atoms with Gasteiger partial charge in [0.25, 0.3) is 5.91 Å². The second kappa shape index (κ2) is 7.13. The van der Waals surface area contributed by atoms with Crippen LogP contribution in [0.15, 0.2) is 30.3 Å². The maximum absolute atomic E-state index is 12.4. The van der Waals surface area contributed by atoms with Gasteiger partial charge in [0.05, 0.1) is 5.56 Å². The van der Waals surface area contributed by atoms with Crippen LogP contribution < -0.4 is 10.6 Å². The van der Waals surface area contributed by atoms with Gasteiger partial charge in [0.1, 0.15) is 0 Å². The van der Waals surface area contributed by atoms with Crippen molar-refractivity contribution in [3.05, 3.63) is 52.8 Å². The normalized spacial score (nSPS) is 10.4. The Hall–Kier alpha value is -2.56. The van der Waals surface area contributed by atoms with E-state index in [9.17, 15) is 9.59 Å². The lowest BCUT2D eigenvalue weighted by Crippen LogP contribution is -2.33. The van der Waals surface area contributed by atoms with Gasteiger partial charge in [-0.1, -0.05) is 18.2 Å². The van der Waals surface area contributed by atoms with Gasteiger partial charge in [-0.15, -0.1) is 0 Å². The minimum Gasteiger partial charge on any atom is -0.355 e. The summed E-state index contributed by atoms with van der Waals surface area (Å²) in [5.41, 5.74) is 4.83. The van der Waals surface area contributed by atoms with Crippen molar-refractivity contribution >= 4 is 11.8 Å². The molecule has 2 aromatic rings. The van der Waals surface area contributed by atoms with Gasteiger partial charge in [-0.3, -0.25) is 9.59 Å². The molecule has 1 aromatic carbocycles. The minimum absolute atomic E-state index is 0.100. The minimum atomic E-state index is -0.122. The molecule has 5 heteroatoms. The van der Waals surface area contributed by atoms with Gasteiger partial charge in [-0.25, -0.2) is 0 Å². The van der Waals surface area contributed by atoms with Crippen molar-refractivity contribution in [3.8, 4) is 5.69 Å². The van der Waals surface area contributed by atoms with Crippen LogP contribution in [0.3, 0.4) is 0 Å². The highest BCUT2D eigenvalue weighted by molar-refractivity contribution is 5.96. The third-order valence-electron chi connectivity index (χ3n) is 3.82. The Morgan fingerprint density at radius 1 is 1.04 bits per heavy atom. The molecule has 1 heterocycles. The van der Waals surface area contributed by atoms with Crippen LogP contribution in [0.2, 0.25) is 0 Å². The fraction of sp³-hybridized carbons (Fsp3) is 0.333. The van der Waals surface area contributed by atoms with Crippen molar-refractivity contribution in [2.24, 2.45) is 0 Å². The highest BCUT2D eigenvalue weighted by atomic mass is 16.2. The van der Waals surface area contributed by atoms with Crippen molar-refractivity contribution < 1.29 is 9.59 Å². The number of carbonyl (C=O) groups excluding carboxylic acids is 2. The summed E-state index contributed by atoms with van der Waals surface area (Å²) in [5, 5.41) is 5.49. The molecule has 5 nitrogen and oxygen atoms in total. The van der Waals surface area contributed by atoms with Crippen LogP contribution in [0.25, 0.3) is 5.69 Å². The number of para-hydroxylation sites is 1. The molecule has 2 N–H and O–H groups in total. The fourth-order valence-corrected chi connectivity index (χ4v) is 2.69. The summed E-state index contributed by atoms with van der Waals surface area (Å²) in [6.45, 7) is 8.29. The molecule has 0 aliphatic heterocycles. The summed E-state index contributed by atoms with van der Waals surface area (Å²) in [6.07, 6.45) is 0. The zero-order valence-electron chi connectivity index (χ0n) is 14.1. The van der Waals surface area contributed by atoms with Crippen LogP contribution in [0, 0.1) is 20.8 Å². The van der Waals surface area contributed by atoms with E-state index in [0.29, 0.717) is 18.7 Å². The molecule has 0 radical (unpaired) electrons. The molecular formula is C18H23N3O2. The standard InChI is InChI=1S/C18H23N3O2/c1-12-7-5-6-8-17(12)21-13(2)11-16(14(21)3)18(23)20-10-9-19-15(4)22/h5-8,11H,9-10H2,1-4H3,(H,19,22)(H,20,23). The zero-order valence-corrected chi connectivity index (χ0v) is 14.1. The van der Waals surface area contributed by atoms with Crippen molar-refractivity contribution in [2.45, 2.75) is 27.7 Å². The van der Waals surface area contributed by atoms with E-state index in [0.717, 1.165) is 22.6 Å². The van der Waals surface area contributed by atoms with Crippen LogP contribution in [0.5, 0.6) is 0 Å². The first-order valence-corrected chi connectivity index (χ1v) is 7.69. The summed E-state index contributed by atoms with van der Waals surface area (Å²) >= 11 is 0. The summed E-state index contributed by atoms with van der Waals surface area (Å²) < 4.78 is 2.10. The smallest absolute Gasteiger partial charge is 0.253 e. The molecule has 0 spiro atoms. The van der Waals surface area contributed by atoms with E-state index in [1.54, 1.807) is 0 Å². The lowest BCUT2D eigenvalue weighted by atomic mass is 10.2. The van der Waals surface area contributed by atoms with Crippen LogP contribution in [0.1, 0.15) is 34.2 Å². The van der Waals surface area contributed by atoms with Crippen LogP contribution in [-0.2, 0) is 4.79 Å². The van der Waals surface area contributed by atoms with Gasteiger partial charge < -0.3 is 15.2 Å². The van der Waals surface area contributed by atoms with Gasteiger partial charge >= 0.3 is 0 Å². The second-order valence-corrected chi connectivity index (χ2v) is 5.65. The average Bonchev–Trinajstić information content (AvgIpc) is 2.79. The van der Waals surface area contributed by atoms with E-state index in [2.05, 4.69) is 28.2 Å². The first-order valence-electron chi connectivity index (χ1n) is 7.69. The summed E-state index contributed by atoms with van der Waals surface area (Å²) in [6, 6.07) is 10.0. The number of rotatable bonds is 5. The van der Waals surface area contributed by atoms with Crippen molar-refractivity contribution in [2.75, 3.05) is 13.1 Å². The highest BCUT2D eigenvalue weighted by Crippen LogP contribution is 2.23. The molecule has 0 saturated heterocycles. The van der Waals surface area contributed by atoms with Gasteiger partial charge in [0.15, 0.2) is 0 Å². The molecule has 0 unspecified atom stereocenters. The second-order valence-electron chi connectivity index (χ2n) is 5.65. The molecule has 2 amide bonds. The van der Waals surface area contributed by atoms with Gasteiger partial charge in [-0.2, -0.15) is 0 Å². The number of benzene rings is 1. The van der Waals surface area contributed by atoms with Gasteiger partial charge in [0.2, 0.25) is 5.91 Å². The third-order valence-corrected chi connectivity index (χ3v) is 3.82. The van der Waals surface area contributed by atoms with Gasteiger partial charge in [-0.05, 0) is 38.5 Å². The summed E-state index contributed by atoms with van der Waals surface area (Å²) in [4.78, 5) is 23.2. The molecule has 0 fully saturated rings. The number of aryl methyl sites for hydroxylation is 2. The predicted octanol–water partition coefficient (Wildman–Crippen LogP) is 2.27. The largest absolute Gasteiger partial charge is 0.355 e. The lowest BCUT2D eigenvalue weighted by molar-refractivity contribution is -0.118. The van der Waals surface area contributed by atoms with Crippen LogP contribution in [0.4, 0.5) is 0 Å². The Balaban J connectivity index is 2.19. The Bertz CT molecular complexity index is 732. The molecule has 0 saturated carbocycles. The fourth-order valence-electron chi connectivity index (χ4n) is 2.69. The monoisotopic (exact) mass is 313 g/mol. The van der Waals surface area contributed by atoms with Crippen molar-refractivity contribution in [3.63, 3.8) is 0 Å². The van der Waals surface area contributed by atoms with E-state index >= 15 is 0 Å². The SMILES string of the molecule is CC(=O)NCCNC(=O)c1cc(C)n(-c2ccccc2C)c1C. The molecule has 23 heavy (non-hydrogen) atoms. The Morgan fingerprint density at radius 2 is 1.70 bits per heavy atom. The lowest BCUT2D eigenvalue weighted by Gasteiger charge is -2.12. The van der Waals surface area contributed by atoms with E-state index in [-0.39, 0.29) is 11.8 Å². The quantitative estimate of drug-likeness (QED) is 0.832. The number of hydrogen-bond donors (Lipinski definition) is 2. The maximum atomic E-state index is 12.4. The predicted molar refractivity (Wildman–Crippen MR) is 91.0 cm³/mol.